The zero-order chi connectivity index (χ0) is 11.3. The van der Waals surface area contributed by atoms with Crippen LogP contribution in [0.2, 0.25) is 0 Å². The van der Waals surface area contributed by atoms with Crippen molar-refractivity contribution in [2.45, 2.75) is 52.5 Å². The highest BCUT2D eigenvalue weighted by molar-refractivity contribution is 4.79. The van der Waals surface area contributed by atoms with Gasteiger partial charge >= 0.3 is 0 Å². The first-order valence-electron chi connectivity index (χ1n) is 6.28. The highest BCUT2D eigenvalue weighted by Gasteiger charge is 2.24. The summed E-state index contributed by atoms with van der Waals surface area (Å²) in [4.78, 5) is 0. The van der Waals surface area contributed by atoms with Crippen molar-refractivity contribution in [2.24, 2.45) is 11.3 Å². The summed E-state index contributed by atoms with van der Waals surface area (Å²) in [6.45, 7) is 8.88. The van der Waals surface area contributed by atoms with E-state index in [4.69, 9.17) is 4.74 Å². The SMILES string of the molecule is CNC(CCC(C)(C)C)C1CCOCC1. The molecule has 1 fully saturated rings. The molecule has 0 aromatic rings. The van der Waals surface area contributed by atoms with Crippen molar-refractivity contribution in [3.8, 4) is 0 Å². The van der Waals surface area contributed by atoms with Crippen molar-refractivity contribution in [1.82, 2.24) is 5.32 Å². The second kappa shape index (κ2) is 5.86. The Morgan fingerprint density at radius 2 is 1.87 bits per heavy atom. The fourth-order valence-corrected chi connectivity index (χ4v) is 2.32. The van der Waals surface area contributed by atoms with Crippen molar-refractivity contribution in [3.05, 3.63) is 0 Å². The first-order chi connectivity index (χ1) is 7.03. The number of hydrogen-bond donors (Lipinski definition) is 1. The van der Waals surface area contributed by atoms with Crippen molar-refractivity contribution in [2.75, 3.05) is 20.3 Å². The molecule has 1 rings (SSSR count). The molecule has 0 aromatic heterocycles. The van der Waals surface area contributed by atoms with Crippen molar-refractivity contribution < 1.29 is 4.74 Å². The highest BCUT2D eigenvalue weighted by Crippen LogP contribution is 2.27. The third kappa shape index (κ3) is 4.98. The lowest BCUT2D eigenvalue weighted by atomic mass is 9.83. The average molecular weight is 213 g/mol. The van der Waals surface area contributed by atoms with Crippen LogP contribution in [0.25, 0.3) is 0 Å². The monoisotopic (exact) mass is 213 g/mol. The van der Waals surface area contributed by atoms with Crippen LogP contribution in [-0.2, 0) is 4.74 Å². The van der Waals surface area contributed by atoms with E-state index in [1.807, 2.05) is 0 Å². The van der Waals surface area contributed by atoms with Crippen LogP contribution in [0.15, 0.2) is 0 Å². The maximum absolute atomic E-state index is 5.41. The summed E-state index contributed by atoms with van der Waals surface area (Å²) in [5.74, 6) is 0.825. The predicted molar refractivity (Wildman–Crippen MR) is 65.1 cm³/mol. The molecule has 15 heavy (non-hydrogen) atoms. The van der Waals surface area contributed by atoms with Crippen LogP contribution in [0.4, 0.5) is 0 Å². The fourth-order valence-electron chi connectivity index (χ4n) is 2.32. The Balaban J connectivity index is 2.34. The molecule has 1 aliphatic rings. The lowest BCUT2D eigenvalue weighted by Crippen LogP contribution is -2.37. The van der Waals surface area contributed by atoms with Gasteiger partial charge in [0.2, 0.25) is 0 Å². The zero-order valence-corrected chi connectivity index (χ0v) is 10.8. The highest BCUT2D eigenvalue weighted by atomic mass is 16.5. The molecule has 0 radical (unpaired) electrons. The van der Waals surface area contributed by atoms with Crippen molar-refractivity contribution in [3.63, 3.8) is 0 Å². The minimum Gasteiger partial charge on any atom is -0.381 e. The summed E-state index contributed by atoms with van der Waals surface area (Å²) in [6, 6.07) is 0.688. The van der Waals surface area contributed by atoms with Gasteiger partial charge in [-0.2, -0.15) is 0 Å². The Hall–Kier alpha value is -0.0800. The van der Waals surface area contributed by atoms with Crippen LogP contribution in [-0.4, -0.2) is 26.3 Å². The second-order valence-electron chi connectivity index (χ2n) is 5.94. The summed E-state index contributed by atoms with van der Waals surface area (Å²) in [5, 5.41) is 3.49. The number of rotatable bonds is 4. The lowest BCUT2D eigenvalue weighted by Gasteiger charge is -2.32. The van der Waals surface area contributed by atoms with Crippen LogP contribution >= 0.6 is 0 Å². The Labute approximate surface area is 94.8 Å². The summed E-state index contributed by atoms with van der Waals surface area (Å²) in [5.41, 5.74) is 0.459. The van der Waals surface area contributed by atoms with Gasteiger partial charge in [0.15, 0.2) is 0 Å². The van der Waals surface area contributed by atoms with E-state index < -0.39 is 0 Å². The molecule has 1 atom stereocenters. The molecule has 0 bridgehead atoms. The van der Waals surface area contributed by atoms with Gasteiger partial charge in [0, 0.05) is 19.3 Å². The Bertz CT molecular complexity index is 168. The number of ether oxygens (including phenoxy) is 1. The normalized spacial score (nSPS) is 21.6. The van der Waals surface area contributed by atoms with E-state index in [1.54, 1.807) is 0 Å². The van der Waals surface area contributed by atoms with E-state index in [-0.39, 0.29) is 0 Å². The van der Waals surface area contributed by atoms with Gasteiger partial charge in [-0.25, -0.2) is 0 Å². The van der Waals surface area contributed by atoms with Gasteiger partial charge in [-0.05, 0) is 44.1 Å². The molecule has 90 valence electrons. The standard InChI is InChI=1S/C13H27NO/c1-13(2,3)8-5-12(14-4)11-6-9-15-10-7-11/h11-12,14H,5-10H2,1-4H3. The van der Waals surface area contributed by atoms with Crippen molar-refractivity contribution >= 4 is 0 Å². The minimum atomic E-state index is 0.459. The maximum atomic E-state index is 5.41. The lowest BCUT2D eigenvalue weighted by molar-refractivity contribution is 0.0521. The van der Waals surface area contributed by atoms with E-state index in [9.17, 15) is 0 Å². The molecular formula is C13H27NO. The molecule has 1 heterocycles. The van der Waals surface area contributed by atoms with E-state index in [0.717, 1.165) is 19.1 Å². The van der Waals surface area contributed by atoms with Crippen LogP contribution in [0.3, 0.4) is 0 Å². The van der Waals surface area contributed by atoms with E-state index in [0.29, 0.717) is 11.5 Å². The Morgan fingerprint density at radius 1 is 1.27 bits per heavy atom. The number of nitrogens with one attached hydrogen (secondary N) is 1. The predicted octanol–water partition coefficient (Wildman–Crippen LogP) is 2.83. The molecule has 2 heteroatoms. The molecule has 0 amide bonds. The second-order valence-corrected chi connectivity index (χ2v) is 5.94. The topological polar surface area (TPSA) is 21.3 Å². The molecule has 0 aromatic carbocycles. The van der Waals surface area contributed by atoms with Crippen LogP contribution in [0, 0.1) is 11.3 Å². The molecule has 1 aliphatic heterocycles. The summed E-state index contributed by atoms with van der Waals surface area (Å²) in [6.07, 6.45) is 5.06. The van der Waals surface area contributed by atoms with Crippen molar-refractivity contribution in [1.29, 1.82) is 0 Å². The summed E-state index contributed by atoms with van der Waals surface area (Å²) < 4.78 is 5.41. The van der Waals surface area contributed by atoms with Gasteiger partial charge < -0.3 is 10.1 Å². The first-order valence-corrected chi connectivity index (χ1v) is 6.28. The molecular weight excluding hydrogens is 186 g/mol. The van der Waals surface area contributed by atoms with Crippen LogP contribution < -0.4 is 5.32 Å². The smallest absolute Gasteiger partial charge is 0.0469 e. The molecule has 1 saturated heterocycles. The molecule has 2 nitrogen and oxygen atoms in total. The average Bonchev–Trinajstić information content (AvgIpc) is 2.19. The summed E-state index contributed by atoms with van der Waals surface area (Å²) in [7, 11) is 2.10. The van der Waals surface area contributed by atoms with Gasteiger partial charge in [-0.15, -0.1) is 0 Å². The van der Waals surface area contributed by atoms with Gasteiger partial charge in [0.1, 0.15) is 0 Å². The van der Waals surface area contributed by atoms with Crippen LogP contribution in [0.1, 0.15) is 46.5 Å². The molecule has 0 aliphatic carbocycles. The van der Waals surface area contributed by atoms with E-state index in [2.05, 4.69) is 33.1 Å². The molecule has 0 saturated carbocycles. The van der Waals surface area contributed by atoms with Gasteiger partial charge in [-0.1, -0.05) is 20.8 Å². The molecule has 1 N–H and O–H groups in total. The van der Waals surface area contributed by atoms with Crippen LogP contribution in [0.5, 0.6) is 0 Å². The van der Waals surface area contributed by atoms with Gasteiger partial charge in [0.05, 0.1) is 0 Å². The van der Waals surface area contributed by atoms with Gasteiger partial charge in [0.25, 0.3) is 0 Å². The largest absolute Gasteiger partial charge is 0.381 e. The van der Waals surface area contributed by atoms with E-state index in [1.165, 1.54) is 25.7 Å². The third-order valence-corrected chi connectivity index (χ3v) is 3.41. The Kier molecular flexibility index (Phi) is 5.07. The maximum Gasteiger partial charge on any atom is 0.0469 e. The first kappa shape index (κ1) is 13.0. The van der Waals surface area contributed by atoms with E-state index >= 15 is 0 Å². The van der Waals surface area contributed by atoms with Gasteiger partial charge in [-0.3, -0.25) is 0 Å². The zero-order valence-electron chi connectivity index (χ0n) is 10.8. The number of hydrogen-bond acceptors (Lipinski definition) is 2. The summed E-state index contributed by atoms with van der Waals surface area (Å²) >= 11 is 0. The Morgan fingerprint density at radius 3 is 2.33 bits per heavy atom. The fraction of sp³-hybridized carbons (Fsp3) is 1.00. The minimum absolute atomic E-state index is 0.459. The molecule has 1 unspecified atom stereocenters. The molecule has 0 spiro atoms. The third-order valence-electron chi connectivity index (χ3n) is 3.41. The quantitative estimate of drug-likeness (QED) is 0.775.